The summed E-state index contributed by atoms with van der Waals surface area (Å²) < 4.78 is 21.8. The fraction of sp³-hybridized carbons (Fsp3) is 0.409. The number of halogens is 1. The first kappa shape index (κ1) is 25.8. The van der Waals surface area contributed by atoms with E-state index in [9.17, 15) is 0 Å². The van der Waals surface area contributed by atoms with Gasteiger partial charge in [0.2, 0.25) is 5.75 Å². The minimum atomic E-state index is -0.0683. The number of nitrogens with one attached hydrogen (secondary N) is 2. The number of guanidine groups is 1. The Hall–Kier alpha value is -2.20. The monoisotopic (exact) mass is 529 g/mol. The van der Waals surface area contributed by atoms with Crippen molar-refractivity contribution in [2.24, 2.45) is 4.99 Å². The first-order chi connectivity index (χ1) is 14.2. The van der Waals surface area contributed by atoms with Crippen molar-refractivity contribution in [2.75, 3.05) is 41.5 Å². The Labute approximate surface area is 196 Å². The van der Waals surface area contributed by atoms with Crippen LogP contribution in [0.2, 0.25) is 0 Å². The third-order valence-electron chi connectivity index (χ3n) is 4.40. The summed E-state index contributed by atoms with van der Waals surface area (Å²) in [6.45, 7) is 3.84. The first-order valence-corrected chi connectivity index (χ1v) is 9.55. The predicted molar refractivity (Wildman–Crippen MR) is 131 cm³/mol. The summed E-state index contributed by atoms with van der Waals surface area (Å²) >= 11 is 0. The molecule has 0 bridgehead atoms. The molecule has 1 atom stereocenters. The van der Waals surface area contributed by atoms with Crippen molar-refractivity contribution in [3.05, 3.63) is 53.6 Å². The lowest BCUT2D eigenvalue weighted by atomic mass is 10.1. The maximum atomic E-state index is 5.62. The molecule has 8 heteroatoms. The van der Waals surface area contributed by atoms with E-state index in [0.717, 1.165) is 17.7 Å². The van der Waals surface area contributed by atoms with E-state index in [2.05, 4.69) is 27.8 Å². The molecule has 2 N–H and O–H groups in total. The number of rotatable bonds is 10. The molecule has 166 valence electrons. The Bertz CT molecular complexity index is 762. The minimum absolute atomic E-state index is 0. The molecule has 2 rings (SSSR count). The molecule has 0 heterocycles. The average Bonchev–Trinajstić information content (AvgIpc) is 2.77. The second-order valence-corrected chi connectivity index (χ2v) is 6.24. The molecule has 30 heavy (non-hydrogen) atoms. The second kappa shape index (κ2) is 13.9. The highest BCUT2D eigenvalue weighted by atomic mass is 127. The van der Waals surface area contributed by atoms with Crippen LogP contribution in [-0.2, 0) is 11.3 Å². The number of methoxy groups -OCH3 is 4. The molecule has 0 aliphatic heterocycles. The van der Waals surface area contributed by atoms with Crippen LogP contribution in [0, 0.1) is 0 Å². The lowest BCUT2D eigenvalue weighted by Crippen LogP contribution is -2.39. The smallest absolute Gasteiger partial charge is 0.203 e. The highest BCUT2D eigenvalue weighted by Crippen LogP contribution is 2.38. The van der Waals surface area contributed by atoms with Crippen molar-refractivity contribution in [2.45, 2.75) is 19.6 Å². The highest BCUT2D eigenvalue weighted by Gasteiger charge is 2.14. The van der Waals surface area contributed by atoms with E-state index >= 15 is 0 Å². The molecule has 0 aliphatic rings. The molecule has 0 aliphatic carbocycles. The second-order valence-electron chi connectivity index (χ2n) is 6.24. The van der Waals surface area contributed by atoms with Gasteiger partial charge < -0.3 is 29.6 Å². The summed E-state index contributed by atoms with van der Waals surface area (Å²) in [7, 11) is 6.50. The van der Waals surface area contributed by atoms with E-state index < -0.39 is 0 Å². The number of hydrogen-bond acceptors (Lipinski definition) is 5. The summed E-state index contributed by atoms with van der Waals surface area (Å²) in [6.07, 6.45) is -0.0683. The predicted octanol–water partition coefficient (Wildman–Crippen LogP) is 3.77. The fourth-order valence-electron chi connectivity index (χ4n) is 2.93. The normalized spacial score (nSPS) is 11.8. The average molecular weight is 529 g/mol. The van der Waals surface area contributed by atoms with E-state index in [4.69, 9.17) is 18.9 Å². The molecule has 0 saturated carbocycles. The van der Waals surface area contributed by atoms with Crippen molar-refractivity contribution >= 4 is 29.9 Å². The van der Waals surface area contributed by atoms with Gasteiger partial charge in [0, 0.05) is 20.2 Å². The van der Waals surface area contributed by atoms with Crippen LogP contribution in [0.1, 0.15) is 24.2 Å². The van der Waals surface area contributed by atoms with Crippen LogP contribution in [0.25, 0.3) is 0 Å². The van der Waals surface area contributed by atoms with Crippen molar-refractivity contribution in [3.8, 4) is 17.2 Å². The molecular formula is C22H32IN3O4. The van der Waals surface area contributed by atoms with Crippen LogP contribution >= 0.6 is 24.0 Å². The Balaban J connectivity index is 0.00000450. The number of nitrogens with zero attached hydrogens (tertiary/aromatic N) is 1. The molecule has 0 amide bonds. The van der Waals surface area contributed by atoms with Gasteiger partial charge in [0.05, 0.1) is 34.0 Å². The van der Waals surface area contributed by atoms with Crippen LogP contribution < -0.4 is 24.8 Å². The molecule has 0 fully saturated rings. The van der Waals surface area contributed by atoms with Gasteiger partial charge in [-0.15, -0.1) is 24.0 Å². The van der Waals surface area contributed by atoms with Crippen LogP contribution in [0.5, 0.6) is 17.2 Å². The lowest BCUT2D eigenvalue weighted by molar-refractivity contribution is 0.106. The van der Waals surface area contributed by atoms with E-state index in [0.29, 0.717) is 36.3 Å². The Morgan fingerprint density at radius 2 is 1.57 bits per heavy atom. The molecule has 2 aromatic carbocycles. The molecule has 2 aromatic rings. The minimum Gasteiger partial charge on any atom is -0.493 e. The van der Waals surface area contributed by atoms with Crippen LogP contribution in [0.15, 0.2) is 47.5 Å². The van der Waals surface area contributed by atoms with E-state index in [1.54, 1.807) is 28.4 Å². The zero-order chi connectivity index (χ0) is 21.1. The van der Waals surface area contributed by atoms with Gasteiger partial charge >= 0.3 is 0 Å². The van der Waals surface area contributed by atoms with Gasteiger partial charge in [-0.25, -0.2) is 4.99 Å². The van der Waals surface area contributed by atoms with Gasteiger partial charge in [-0.2, -0.15) is 0 Å². The molecule has 0 spiro atoms. The van der Waals surface area contributed by atoms with Crippen LogP contribution in [0.3, 0.4) is 0 Å². The number of ether oxygens (including phenoxy) is 4. The van der Waals surface area contributed by atoms with Gasteiger partial charge in [0.1, 0.15) is 0 Å². The quantitative estimate of drug-likeness (QED) is 0.278. The van der Waals surface area contributed by atoms with Gasteiger partial charge in [-0.1, -0.05) is 30.3 Å². The summed E-state index contributed by atoms with van der Waals surface area (Å²) in [5, 5.41) is 6.61. The van der Waals surface area contributed by atoms with Crippen molar-refractivity contribution in [1.29, 1.82) is 0 Å². The summed E-state index contributed by atoms with van der Waals surface area (Å²) in [4.78, 5) is 4.68. The zero-order valence-electron chi connectivity index (χ0n) is 18.2. The molecule has 0 saturated heterocycles. The van der Waals surface area contributed by atoms with Crippen LogP contribution in [-0.4, -0.2) is 47.5 Å². The van der Waals surface area contributed by atoms with Crippen LogP contribution in [0.4, 0.5) is 0 Å². The standard InChI is InChI=1S/C22H31N3O4.HI/c1-6-23-22(25-15-20(28-4)17-10-8-7-9-11-17)24-14-16-12-18(26-2)21(29-5)19(13-16)27-3;/h7-13,20H,6,14-15H2,1-5H3,(H2,23,24,25);1H. The van der Waals surface area contributed by atoms with Crippen molar-refractivity contribution in [1.82, 2.24) is 10.6 Å². The largest absolute Gasteiger partial charge is 0.493 e. The topological polar surface area (TPSA) is 73.3 Å². The Morgan fingerprint density at radius 3 is 2.07 bits per heavy atom. The fourth-order valence-corrected chi connectivity index (χ4v) is 2.93. The lowest BCUT2D eigenvalue weighted by Gasteiger charge is -2.19. The van der Waals surface area contributed by atoms with E-state index in [1.807, 2.05) is 37.3 Å². The number of hydrogen-bond donors (Lipinski definition) is 2. The van der Waals surface area contributed by atoms with Gasteiger partial charge in [0.25, 0.3) is 0 Å². The zero-order valence-corrected chi connectivity index (χ0v) is 20.6. The molecule has 1 unspecified atom stereocenters. The summed E-state index contributed by atoms with van der Waals surface area (Å²) in [5.74, 6) is 2.50. The molecule has 7 nitrogen and oxygen atoms in total. The SMILES string of the molecule is CCNC(=NCc1cc(OC)c(OC)c(OC)c1)NCC(OC)c1ccccc1.I. The Morgan fingerprint density at radius 1 is 0.933 bits per heavy atom. The summed E-state index contributed by atoms with van der Waals surface area (Å²) in [5.41, 5.74) is 2.06. The Kier molecular flexibility index (Phi) is 12.0. The summed E-state index contributed by atoms with van der Waals surface area (Å²) in [6, 6.07) is 13.9. The van der Waals surface area contributed by atoms with Crippen molar-refractivity contribution in [3.63, 3.8) is 0 Å². The molecular weight excluding hydrogens is 497 g/mol. The third-order valence-corrected chi connectivity index (χ3v) is 4.40. The van der Waals surface area contributed by atoms with Crippen molar-refractivity contribution < 1.29 is 18.9 Å². The highest BCUT2D eigenvalue weighted by molar-refractivity contribution is 14.0. The third kappa shape index (κ3) is 7.24. The maximum absolute atomic E-state index is 5.62. The van der Waals surface area contributed by atoms with Gasteiger partial charge in [-0.05, 0) is 30.2 Å². The number of benzene rings is 2. The number of aliphatic imine (C=N–C) groups is 1. The molecule has 0 radical (unpaired) electrons. The first-order valence-electron chi connectivity index (χ1n) is 9.55. The van der Waals surface area contributed by atoms with E-state index in [1.165, 1.54) is 0 Å². The maximum Gasteiger partial charge on any atom is 0.203 e. The van der Waals surface area contributed by atoms with Gasteiger partial charge in [-0.3, -0.25) is 0 Å². The molecule has 0 aromatic heterocycles. The van der Waals surface area contributed by atoms with E-state index in [-0.39, 0.29) is 30.1 Å². The van der Waals surface area contributed by atoms with Gasteiger partial charge in [0.15, 0.2) is 17.5 Å².